The van der Waals surface area contributed by atoms with Gasteiger partial charge in [0.05, 0.1) is 5.54 Å². The van der Waals surface area contributed by atoms with Crippen molar-refractivity contribution in [1.29, 1.82) is 0 Å². The number of thioether (sulfide) groups is 1. The number of carbonyl (C=O) groups is 1. The highest BCUT2D eigenvalue weighted by molar-refractivity contribution is 8.13. The van der Waals surface area contributed by atoms with Crippen molar-refractivity contribution in [2.75, 3.05) is 11.1 Å². The third-order valence-electron chi connectivity index (χ3n) is 4.17. The van der Waals surface area contributed by atoms with Gasteiger partial charge < -0.3 is 11.1 Å². The summed E-state index contributed by atoms with van der Waals surface area (Å²) in [5, 5.41) is 3.53. The molecule has 0 aliphatic carbocycles. The Hall–Kier alpha value is -2.53. The second-order valence-electron chi connectivity index (χ2n) is 6.14. The second kappa shape index (κ2) is 7.57. The molecule has 3 rings (SSSR count). The molecule has 0 saturated carbocycles. The maximum atomic E-state index is 12.2. The fourth-order valence-corrected chi connectivity index (χ4v) is 3.72. The van der Waals surface area contributed by atoms with E-state index in [1.54, 1.807) is 17.8 Å². The van der Waals surface area contributed by atoms with Gasteiger partial charge in [0.1, 0.15) is 0 Å². The van der Waals surface area contributed by atoms with Gasteiger partial charge in [-0.15, -0.1) is 0 Å². The molecular weight excluding hydrogens is 330 g/mol. The highest BCUT2D eigenvalue weighted by atomic mass is 32.2. The van der Waals surface area contributed by atoms with E-state index in [0.29, 0.717) is 5.17 Å². The van der Waals surface area contributed by atoms with Crippen LogP contribution >= 0.6 is 11.8 Å². The second-order valence-corrected chi connectivity index (χ2v) is 7.25. The molecule has 0 aromatic heterocycles. The zero-order valence-electron chi connectivity index (χ0n) is 14.1. The van der Waals surface area contributed by atoms with Crippen molar-refractivity contribution in [3.8, 4) is 0 Å². The summed E-state index contributed by atoms with van der Waals surface area (Å²) in [5.74, 6) is 0.788. The molecule has 2 aromatic rings. The summed E-state index contributed by atoms with van der Waals surface area (Å²) >= 11 is 1.58. The molecule has 1 aliphatic rings. The molecule has 5 heteroatoms. The van der Waals surface area contributed by atoms with Gasteiger partial charge in [0.25, 0.3) is 0 Å². The first-order chi connectivity index (χ1) is 12.0. The summed E-state index contributed by atoms with van der Waals surface area (Å²) in [5.41, 5.74) is 8.36. The van der Waals surface area contributed by atoms with Crippen LogP contribution in [0.5, 0.6) is 0 Å². The number of benzene rings is 2. The van der Waals surface area contributed by atoms with Crippen molar-refractivity contribution in [1.82, 2.24) is 0 Å². The number of nitrogens with zero attached hydrogens (tertiary/aromatic N) is 1. The number of anilines is 1. The van der Waals surface area contributed by atoms with Crippen LogP contribution in [0.4, 0.5) is 5.69 Å². The lowest BCUT2D eigenvalue weighted by Gasteiger charge is -2.30. The van der Waals surface area contributed by atoms with Crippen molar-refractivity contribution in [3.05, 3.63) is 71.8 Å². The van der Waals surface area contributed by atoms with Crippen LogP contribution in [0.15, 0.2) is 65.7 Å². The highest BCUT2D eigenvalue weighted by Crippen LogP contribution is 2.35. The first kappa shape index (κ1) is 17.3. The molecular formula is C20H21N3OS. The van der Waals surface area contributed by atoms with Crippen LogP contribution in [0.2, 0.25) is 0 Å². The van der Waals surface area contributed by atoms with Crippen molar-refractivity contribution in [3.63, 3.8) is 0 Å². The molecule has 0 radical (unpaired) electrons. The quantitative estimate of drug-likeness (QED) is 0.818. The Labute approximate surface area is 152 Å². The van der Waals surface area contributed by atoms with E-state index in [-0.39, 0.29) is 11.4 Å². The fourth-order valence-electron chi connectivity index (χ4n) is 2.75. The molecule has 3 N–H and O–H groups in total. The average Bonchev–Trinajstić information content (AvgIpc) is 2.61. The summed E-state index contributed by atoms with van der Waals surface area (Å²) < 4.78 is 0. The zero-order valence-corrected chi connectivity index (χ0v) is 14.9. The first-order valence-corrected chi connectivity index (χ1v) is 9.16. The van der Waals surface area contributed by atoms with Gasteiger partial charge in [-0.1, -0.05) is 54.2 Å². The number of rotatable bonds is 4. The van der Waals surface area contributed by atoms with Gasteiger partial charge in [-0.05, 0) is 42.7 Å². The van der Waals surface area contributed by atoms with E-state index >= 15 is 0 Å². The lowest BCUT2D eigenvalue weighted by Crippen LogP contribution is -2.28. The molecule has 1 amide bonds. The van der Waals surface area contributed by atoms with E-state index in [1.807, 2.05) is 54.6 Å². The molecule has 4 nitrogen and oxygen atoms in total. The Balaban J connectivity index is 1.73. The fraction of sp³-hybridized carbons (Fsp3) is 0.200. The maximum Gasteiger partial charge on any atom is 0.248 e. The van der Waals surface area contributed by atoms with Crippen LogP contribution in [0, 0.1) is 0 Å². The van der Waals surface area contributed by atoms with Gasteiger partial charge in [-0.25, -0.2) is 0 Å². The Bertz CT molecular complexity index is 817. The van der Waals surface area contributed by atoms with Gasteiger partial charge in [-0.3, -0.25) is 9.79 Å². The molecule has 25 heavy (non-hydrogen) atoms. The summed E-state index contributed by atoms with van der Waals surface area (Å²) in [7, 11) is 0. The number of amides is 1. The Kier molecular flexibility index (Phi) is 5.24. The lowest BCUT2D eigenvalue weighted by atomic mass is 9.89. The molecule has 0 spiro atoms. The predicted octanol–water partition coefficient (Wildman–Crippen LogP) is 4.01. The topological polar surface area (TPSA) is 67.5 Å². The van der Waals surface area contributed by atoms with Crippen LogP contribution in [-0.2, 0) is 10.3 Å². The van der Waals surface area contributed by atoms with Crippen molar-refractivity contribution in [2.45, 2.75) is 18.9 Å². The standard InChI is InChI=1S/C20H21N3OS/c1-20(12-13-25-19(21)23-20)16-8-5-9-17(14-16)22-18(24)11-10-15-6-3-2-4-7-15/h2-11,14H,12-13H2,1H3,(H2,21,23)(H,22,24). The van der Waals surface area contributed by atoms with Gasteiger partial charge in [0.15, 0.2) is 5.17 Å². The van der Waals surface area contributed by atoms with Crippen LogP contribution in [0.1, 0.15) is 24.5 Å². The SMILES string of the molecule is CC1(c2cccc(NC(=O)C=Cc3ccccc3)c2)CCSC(N)=N1. The minimum absolute atomic E-state index is 0.159. The predicted molar refractivity (Wildman–Crippen MR) is 107 cm³/mol. The Morgan fingerprint density at radius 1 is 1.24 bits per heavy atom. The molecule has 128 valence electrons. The molecule has 1 aliphatic heterocycles. The van der Waals surface area contributed by atoms with E-state index in [2.05, 4.69) is 17.2 Å². The number of hydrogen-bond donors (Lipinski definition) is 2. The number of amidine groups is 1. The Morgan fingerprint density at radius 3 is 2.80 bits per heavy atom. The first-order valence-electron chi connectivity index (χ1n) is 8.18. The average molecular weight is 351 g/mol. The molecule has 0 saturated heterocycles. The summed E-state index contributed by atoms with van der Waals surface area (Å²) in [6.45, 7) is 2.08. The summed E-state index contributed by atoms with van der Waals surface area (Å²) in [6, 6.07) is 17.6. The molecule has 1 unspecified atom stereocenters. The van der Waals surface area contributed by atoms with E-state index < -0.39 is 0 Å². The van der Waals surface area contributed by atoms with Crippen molar-refractivity contribution in [2.24, 2.45) is 10.7 Å². The molecule has 2 aromatic carbocycles. The number of aliphatic imine (C=N–C) groups is 1. The Morgan fingerprint density at radius 2 is 2.04 bits per heavy atom. The van der Waals surface area contributed by atoms with Crippen LogP contribution in [-0.4, -0.2) is 16.8 Å². The normalized spacial score (nSPS) is 20.3. The van der Waals surface area contributed by atoms with Gasteiger partial charge >= 0.3 is 0 Å². The minimum Gasteiger partial charge on any atom is -0.379 e. The van der Waals surface area contributed by atoms with Crippen LogP contribution in [0.25, 0.3) is 6.08 Å². The van der Waals surface area contributed by atoms with Crippen LogP contribution < -0.4 is 11.1 Å². The largest absolute Gasteiger partial charge is 0.379 e. The number of carbonyl (C=O) groups excluding carboxylic acids is 1. The molecule has 0 bridgehead atoms. The van der Waals surface area contributed by atoms with Gasteiger partial charge in [0, 0.05) is 17.5 Å². The van der Waals surface area contributed by atoms with Crippen molar-refractivity contribution < 1.29 is 4.79 Å². The third kappa shape index (κ3) is 4.51. The number of hydrogen-bond acceptors (Lipinski definition) is 4. The third-order valence-corrected chi connectivity index (χ3v) is 4.97. The van der Waals surface area contributed by atoms with Gasteiger partial charge in [-0.2, -0.15) is 0 Å². The summed E-state index contributed by atoms with van der Waals surface area (Å²) in [6.07, 6.45) is 4.25. The zero-order chi connectivity index (χ0) is 17.7. The number of nitrogens with two attached hydrogens (primary N) is 1. The molecule has 0 fully saturated rings. The maximum absolute atomic E-state index is 12.2. The van der Waals surface area contributed by atoms with Crippen molar-refractivity contribution >= 4 is 34.6 Å². The van der Waals surface area contributed by atoms with E-state index in [4.69, 9.17) is 5.73 Å². The lowest BCUT2D eigenvalue weighted by molar-refractivity contribution is -0.111. The van der Waals surface area contributed by atoms with E-state index in [9.17, 15) is 4.79 Å². The summed E-state index contributed by atoms with van der Waals surface area (Å²) in [4.78, 5) is 16.8. The van der Waals surface area contributed by atoms with Crippen LogP contribution in [0.3, 0.4) is 0 Å². The highest BCUT2D eigenvalue weighted by Gasteiger charge is 2.29. The monoisotopic (exact) mass is 351 g/mol. The molecule has 1 atom stereocenters. The van der Waals surface area contributed by atoms with E-state index in [0.717, 1.165) is 29.0 Å². The molecule has 1 heterocycles. The minimum atomic E-state index is -0.337. The van der Waals surface area contributed by atoms with Gasteiger partial charge in [0.2, 0.25) is 5.91 Å². The number of nitrogens with one attached hydrogen (secondary N) is 1. The smallest absolute Gasteiger partial charge is 0.248 e. The van der Waals surface area contributed by atoms with E-state index in [1.165, 1.54) is 6.08 Å².